The van der Waals surface area contributed by atoms with Gasteiger partial charge >= 0.3 is 5.97 Å². The van der Waals surface area contributed by atoms with Crippen molar-refractivity contribution in [2.24, 2.45) is 11.1 Å². The minimum Gasteiger partial charge on any atom is -0.478 e. The first-order valence-corrected chi connectivity index (χ1v) is 6.58. The molecule has 4 N–H and O–H groups in total. The van der Waals surface area contributed by atoms with Crippen LogP contribution in [0.15, 0.2) is 18.2 Å². The SMILES string of the molecule is CC(C)(C)C(N)CC(=O)Nc1cccc(Cl)c1C(=O)O. The Balaban J connectivity index is 2.87. The van der Waals surface area contributed by atoms with Crippen LogP contribution in [-0.4, -0.2) is 23.0 Å². The van der Waals surface area contributed by atoms with E-state index >= 15 is 0 Å². The number of rotatable bonds is 4. The van der Waals surface area contributed by atoms with Crippen LogP contribution in [-0.2, 0) is 4.79 Å². The highest BCUT2D eigenvalue weighted by atomic mass is 35.5. The van der Waals surface area contributed by atoms with Crippen LogP contribution >= 0.6 is 11.6 Å². The minimum absolute atomic E-state index is 0.0791. The Morgan fingerprint density at radius 2 is 2.00 bits per heavy atom. The van der Waals surface area contributed by atoms with Gasteiger partial charge in [0.25, 0.3) is 0 Å². The highest BCUT2D eigenvalue weighted by Gasteiger charge is 2.24. The summed E-state index contributed by atoms with van der Waals surface area (Å²) in [6.45, 7) is 5.81. The number of carboxylic acid groups (broad SMARTS) is 1. The molecule has 0 saturated carbocycles. The van der Waals surface area contributed by atoms with Gasteiger partial charge in [-0.05, 0) is 17.5 Å². The Bertz CT molecular complexity index is 524. The lowest BCUT2D eigenvalue weighted by molar-refractivity contribution is -0.117. The highest BCUT2D eigenvalue weighted by molar-refractivity contribution is 6.34. The lowest BCUT2D eigenvalue weighted by atomic mass is 9.85. The quantitative estimate of drug-likeness (QED) is 0.797. The molecule has 0 saturated heterocycles. The van der Waals surface area contributed by atoms with Gasteiger partial charge in [0, 0.05) is 12.5 Å². The van der Waals surface area contributed by atoms with Crippen molar-refractivity contribution >= 4 is 29.2 Å². The summed E-state index contributed by atoms with van der Waals surface area (Å²) in [6, 6.07) is 4.21. The summed E-state index contributed by atoms with van der Waals surface area (Å²) in [7, 11) is 0. The van der Waals surface area contributed by atoms with Gasteiger partial charge in [0.1, 0.15) is 5.56 Å². The number of hydrogen-bond acceptors (Lipinski definition) is 3. The number of amides is 1. The first kappa shape index (κ1) is 16.5. The Morgan fingerprint density at radius 1 is 1.40 bits per heavy atom. The van der Waals surface area contributed by atoms with Crippen LogP contribution in [0, 0.1) is 5.41 Å². The van der Waals surface area contributed by atoms with E-state index in [0.29, 0.717) is 0 Å². The Kier molecular flexibility index (Phi) is 5.14. The summed E-state index contributed by atoms with van der Waals surface area (Å²) in [4.78, 5) is 23.1. The zero-order valence-corrected chi connectivity index (χ0v) is 12.5. The fourth-order valence-electron chi connectivity index (χ4n) is 1.55. The van der Waals surface area contributed by atoms with E-state index in [2.05, 4.69) is 5.32 Å². The zero-order chi connectivity index (χ0) is 15.5. The van der Waals surface area contributed by atoms with Crippen molar-refractivity contribution < 1.29 is 14.7 Å². The van der Waals surface area contributed by atoms with Crippen LogP contribution in [0.1, 0.15) is 37.6 Å². The van der Waals surface area contributed by atoms with Gasteiger partial charge in [0.05, 0.1) is 10.7 Å². The van der Waals surface area contributed by atoms with Gasteiger partial charge in [-0.2, -0.15) is 0 Å². The molecule has 1 atom stereocenters. The molecule has 0 heterocycles. The van der Waals surface area contributed by atoms with Gasteiger partial charge in [-0.15, -0.1) is 0 Å². The van der Waals surface area contributed by atoms with E-state index in [-0.39, 0.29) is 40.1 Å². The first-order chi connectivity index (χ1) is 9.12. The molecule has 0 aromatic heterocycles. The molecule has 20 heavy (non-hydrogen) atoms. The molecule has 1 rings (SSSR count). The van der Waals surface area contributed by atoms with Crippen molar-refractivity contribution in [3.8, 4) is 0 Å². The molecule has 0 spiro atoms. The molecule has 1 amide bonds. The zero-order valence-electron chi connectivity index (χ0n) is 11.7. The summed E-state index contributed by atoms with van der Waals surface area (Å²) in [5.41, 5.74) is 5.78. The average Bonchev–Trinajstić information content (AvgIpc) is 2.26. The van der Waals surface area contributed by atoms with Gasteiger partial charge in [-0.1, -0.05) is 38.4 Å². The van der Waals surface area contributed by atoms with Crippen molar-refractivity contribution in [3.63, 3.8) is 0 Å². The predicted octanol–water partition coefficient (Wildman–Crippen LogP) is 2.74. The topological polar surface area (TPSA) is 92.4 Å². The van der Waals surface area contributed by atoms with Crippen LogP contribution in [0.2, 0.25) is 5.02 Å². The van der Waals surface area contributed by atoms with Crippen LogP contribution in [0.5, 0.6) is 0 Å². The van der Waals surface area contributed by atoms with Gasteiger partial charge in [0.2, 0.25) is 5.91 Å². The van der Waals surface area contributed by atoms with Gasteiger partial charge in [-0.3, -0.25) is 4.79 Å². The van der Waals surface area contributed by atoms with E-state index in [4.69, 9.17) is 22.4 Å². The third-order valence-corrected chi connectivity index (χ3v) is 3.33. The molecule has 5 nitrogen and oxygen atoms in total. The lowest BCUT2D eigenvalue weighted by Crippen LogP contribution is -2.38. The van der Waals surface area contributed by atoms with Crippen molar-refractivity contribution in [3.05, 3.63) is 28.8 Å². The maximum Gasteiger partial charge on any atom is 0.339 e. The fraction of sp³-hybridized carbons (Fsp3) is 0.429. The van der Waals surface area contributed by atoms with Crippen LogP contribution in [0.25, 0.3) is 0 Å². The molecular formula is C14H19ClN2O3. The van der Waals surface area contributed by atoms with E-state index in [1.807, 2.05) is 20.8 Å². The molecule has 0 aliphatic rings. The van der Waals surface area contributed by atoms with Gasteiger partial charge < -0.3 is 16.2 Å². The van der Waals surface area contributed by atoms with Crippen LogP contribution in [0.4, 0.5) is 5.69 Å². The summed E-state index contributed by atoms with van der Waals surface area (Å²) in [5, 5.41) is 11.7. The van der Waals surface area contributed by atoms with E-state index in [0.717, 1.165) is 0 Å². The van der Waals surface area contributed by atoms with Crippen LogP contribution in [0.3, 0.4) is 0 Å². The van der Waals surface area contributed by atoms with Crippen LogP contribution < -0.4 is 11.1 Å². The first-order valence-electron chi connectivity index (χ1n) is 6.20. The summed E-state index contributed by atoms with van der Waals surface area (Å²) >= 11 is 5.83. The smallest absolute Gasteiger partial charge is 0.339 e. The van der Waals surface area contributed by atoms with Crippen molar-refractivity contribution in [2.75, 3.05) is 5.32 Å². The molecule has 0 bridgehead atoms. The van der Waals surface area contributed by atoms with Gasteiger partial charge in [0.15, 0.2) is 0 Å². The Hall–Kier alpha value is -1.59. The normalized spacial score (nSPS) is 12.8. The molecule has 6 heteroatoms. The molecule has 1 unspecified atom stereocenters. The molecule has 0 aliphatic carbocycles. The van der Waals surface area contributed by atoms with E-state index < -0.39 is 5.97 Å². The van der Waals surface area contributed by atoms with E-state index in [9.17, 15) is 9.59 Å². The maximum absolute atomic E-state index is 11.9. The van der Waals surface area contributed by atoms with Crippen molar-refractivity contribution in [2.45, 2.75) is 33.2 Å². The third-order valence-electron chi connectivity index (χ3n) is 3.02. The molecule has 110 valence electrons. The number of nitrogens with one attached hydrogen (secondary N) is 1. The number of halogens is 1. The maximum atomic E-state index is 11.9. The average molecular weight is 299 g/mol. The molecule has 1 aromatic rings. The Labute approximate surface area is 123 Å². The summed E-state index contributed by atoms with van der Waals surface area (Å²) < 4.78 is 0. The number of hydrogen-bond donors (Lipinski definition) is 3. The van der Waals surface area contributed by atoms with E-state index in [1.165, 1.54) is 12.1 Å². The van der Waals surface area contributed by atoms with Gasteiger partial charge in [-0.25, -0.2) is 4.79 Å². The summed E-state index contributed by atoms with van der Waals surface area (Å²) in [6.07, 6.45) is 0.106. The van der Waals surface area contributed by atoms with Crippen molar-refractivity contribution in [1.29, 1.82) is 0 Å². The molecule has 0 fully saturated rings. The second-order valence-electron chi connectivity index (χ2n) is 5.69. The molecular weight excluding hydrogens is 280 g/mol. The number of nitrogens with two attached hydrogens (primary N) is 1. The number of carboxylic acids is 1. The van der Waals surface area contributed by atoms with E-state index in [1.54, 1.807) is 6.07 Å². The number of benzene rings is 1. The molecule has 0 radical (unpaired) electrons. The monoisotopic (exact) mass is 298 g/mol. The second-order valence-corrected chi connectivity index (χ2v) is 6.10. The highest BCUT2D eigenvalue weighted by Crippen LogP contribution is 2.25. The van der Waals surface area contributed by atoms with Crippen molar-refractivity contribution in [1.82, 2.24) is 0 Å². The molecule has 0 aliphatic heterocycles. The standard InChI is InChI=1S/C14H19ClN2O3/c1-14(2,3)10(16)7-11(18)17-9-6-4-5-8(15)12(9)13(19)20/h4-6,10H,7,16H2,1-3H3,(H,17,18)(H,19,20). The minimum atomic E-state index is -1.19. The fourth-order valence-corrected chi connectivity index (χ4v) is 1.81. The molecule has 1 aromatic carbocycles. The third kappa shape index (κ3) is 4.21. The Morgan fingerprint density at radius 3 is 2.50 bits per heavy atom. The lowest BCUT2D eigenvalue weighted by Gasteiger charge is -2.26. The number of carbonyl (C=O) groups excluding carboxylic acids is 1. The number of aromatic carboxylic acids is 1. The number of carbonyl (C=O) groups is 2. The predicted molar refractivity (Wildman–Crippen MR) is 79.1 cm³/mol. The second kappa shape index (κ2) is 6.24. The largest absolute Gasteiger partial charge is 0.478 e. The number of anilines is 1. The summed E-state index contributed by atoms with van der Waals surface area (Å²) in [5.74, 6) is -1.52.